The summed E-state index contributed by atoms with van der Waals surface area (Å²) in [5, 5.41) is 1.37. The van der Waals surface area contributed by atoms with Gasteiger partial charge in [0, 0.05) is 18.0 Å². The van der Waals surface area contributed by atoms with Crippen molar-refractivity contribution >= 4 is 34.8 Å². The molecule has 26 heavy (non-hydrogen) atoms. The summed E-state index contributed by atoms with van der Waals surface area (Å²) in [5.41, 5.74) is 1.07. The summed E-state index contributed by atoms with van der Waals surface area (Å²) in [6.45, 7) is 5.27. The Labute approximate surface area is 164 Å². The highest BCUT2D eigenvalue weighted by Crippen LogP contribution is 2.15. The SMILES string of the molecule is CCCN(CC(=O)N(Cc1ccccc1)Cc1cccs1)C(=O)[C@@H](C)Cl. The Kier molecular flexibility index (Phi) is 8.13. The van der Waals surface area contributed by atoms with E-state index >= 15 is 0 Å². The number of amides is 2. The largest absolute Gasteiger partial charge is 0.332 e. The van der Waals surface area contributed by atoms with E-state index in [1.807, 2.05) is 54.8 Å². The normalized spacial score (nSPS) is 11.8. The van der Waals surface area contributed by atoms with Gasteiger partial charge in [-0.25, -0.2) is 0 Å². The van der Waals surface area contributed by atoms with Crippen molar-refractivity contribution in [2.45, 2.75) is 38.7 Å². The van der Waals surface area contributed by atoms with Crippen LogP contribution in [-0.4, -0.2) is 40.1 Å². The van der Waals surface area contributed by atoms with Crippen LogP contribution in [0.15, 0.2) is 47.8 Å². The zero-order valence-corrected chi connectivity index (χ0v) is 16.8. The van der Waals surface area contributed by atoms with Crippen LogP contribution in [0.5, 0.6) is 0 Å². The topological polar surface area (TPSA) is 40.6 Å². The zero-order chi connectivity index (χ0) is 18.9. The third kappa shape index (κ3) is 6.15. The van der Waals surface area contributed by atoms with E-state index < -0.39 is 5.38 Å². The van der Waals surface area contributed by atoms with Gasteiger partial charge in [-0.1, -0.05) is 43.3 Å². The molecule has 140 valence electrons. The lowest BCUT2D eigenvalue weighted by atomic mass is 10.2. The van der Waals surface area contributed by atoms with Gasteiger partial charge in [0.25, 0.3) is 0 Å². The molecule has 0 bridgehead atoms. The van der Waals surface area contributed by atoms with Crippen molar-refractivity contribution in [3.8, 4) is 0 Å². The Balaban J connectivity index is 2.13. The molecule has 1 aromatic carbocycles. The van der Waals surface area contributed by atoms with Crippen LogP contribution in [0.3, 0.4) is 0 Å². The van der Waals surface area contributed by atoms with Crippen LogP contribution in [0, 0.1) is 0 Å². The monoisotopic (exact) mass is 392 g/mol. The van der Waals surface area contributed by atoms with Crippen molar-refractivity contribution in [2.75, 3.05) is 13.1 Å². The van der Waals surface area contributed by atoms with Crippen LogP contribution in [0.25, 0.3) is 0 Å². The molecule has 1 aromatic heterocycles. The Morgan fingerprint density at radius 3 is 2.38 bits per heavy atom. The molecule has 0 aliphatic rings. The van der Waals surface area contributed by atoms with Crippen LogP contribution in [0.4, 0.5) is 0 Å². The van der Waals surface area contributed by atoms with E-state index in [0.717, 1.165) is 16.9 Å². The summed E-state index contributed by atoms with van der Waals surface area (Å²) in [4.78, 5) is 29.8. The molecular weight excluding hydrogens is 368 g/mol. The van der Waals surface area contributed by atoms with E-state index in [4.69, 9.17) is 11.6 Å². The first kappa shape index (κ1) is 20.5. The fourth-order valence-electron chi connectivity index (χ4n) is 2.68. The van der Waals surface area contributed by atoms with E-state index in [2.05, 4.69) is 0 Å². The first-order valence-corrected chi connectivity index (χ1v) is 10.1. The van der Waals surface area contributed by atoms with Gasteiger partial charge in [-0.15, -0.1) is 22.9 Å². The summed E-state index contributed by atoms with van der Waals surface area (Å²) >= 11 is 7.58. The van der Waals surface area contributed by atoms with Gasteiger partial charge in [0.15, 0.2) is 0 Å². The molecule has 0 fully saturated rings. The maximum absolute atomic E-state index is 13.0. The fraction of sp³-hybridized carbons (Fsp3) is 0.400. The molecule has 2 aromatic rings. The van der Waals surface area contributed by atoms with Crippen molar-refractivity contribution in [3.05, 3.63) is 58.3 Å². The number of halogens is 1. The van der Waals surface area contributed by atoms with Crippen molar-refractivity contribution in [1.29, 1.82) is 0 Å². The third-order valence-corrected chi connectivity index (χ3v) is 5.02. The average molecular weight is 393 g/mol. The smallest absolute Gasteiger partial charge is 0.242 e. The van der Waals surface area contributed by atoms with Gasteiger partial charge in [-0.2, -0.15) is 0 Å². The number of hydrogen-bond donors (Lipinski definition) is 0. The minimum absolute atomic E-state index is 0.0575. The maximum atomic E-state index is 13.0. The number of alkyl halides is 1. The van der Waals surface area contributed by atoms with Gasteiger partial charge in [-0.3, -0.25) is 9.59 Å². The fourth-order valence-corrected chi connectivity index (χ4v) is 3.54. The predicted octanol–water partition coefficient (Wildman–Crippen LogP) is 4.14. The molecule has 1 atom stereocenters. The van der Waals surface area contributed by atoms with Crippen LogP contribution in [-0.2, 0) is 22.7 Å². The molecule has 0 spiro atoms. The molecular formula is C20H25ClN2O2S. The first-order chi connectivity index (χ1) is 12.5. The van der Waals surface area contributed by atoms with Crippen LogP contribution < -0.4 is 0 Å². The minimum Gasteiger partial charge on any atom is -0.332 e. The molecule has 4 nitrogen and oxygen atoms in total. The molecule has 0 saturated carbocycles. The lowest BCUT2D eigenvalue weighted by molar-refractivity contribution is -0.141. The number of carbonyl (C=O) groups excluding carboxylic acids is 2. The van der Waals surface area contributed by atoms with E-state index in [9.17, 15) is 9.59 Å². The molecule has 1 heterocycles. The number of hydrogen-bond acceptors (Lipinski definition) is 3. The average Bonchev–Trinajstić information content (AvgIpc) is 3.14. The number of carbonyl (C=O) groups is 2. The number of nitrogens with zero attached hydrogens (tertiary/aromatic N) is 2. The Bertz CT molecular complexity index is 689. The van der Waals surface area contributed by atoms with Gasteiger partial charge in [0.1, 0.15) is 5.38 Å². The first-order valence-electron chi connectivity index (χ1n) is 8.78. The quantitative estimate of drug-likeness (QED) is 0.601. The Morgan fingerprint density at radius 2 is 1.81 bits per heavy atom. The summed E-state index contributed by atoms with van der Waals surface area (Å²) in [6.07, 6.45) is 0.784. The summed E-state index contributed by atoms with van der Waals surface area (Å²) in [7, 11) is 0. The zero-order valence-electron chi connectivity index (χ0n) is 15.2. The molecule has 2 amide bonds. The van der Waals surface area contributed by atoms with Crippen LogP contribution in [0.2, 0.25) is 0 Å². The molecule has 0 saturated heterocycles. The van der Waals surface area contributed by atoms with Gasteiger partial charge in [-0.05, 0) is 30.4 Å². The van der Waals surface area contributed by atoms with Gasteiger partial charge < -0.3 is 9.80 Å². The lowest BCUT2D eigenvalue weighted by Crippen LogP contribution is -2.44. The highest BCUT2D eigenvalue weighted by Gasteiger charge is 2.23. The van der Waals surface area contributed by atoms with E-state index in [1.54, 1.807) is 28.1 Å². The van der Waals surface area contributed by atoms with Crippen LogP contribution >= 0.6 is 22.9 Å². The molecule has 0 N–H and O–H groups in total. The van der Waals surface area contributed by atoms with Crippen LogP contribution in [0.1, 0.15) is 30.7 Å². The second-order valence-corrected chi connectivity index (χ2v) is 7.88. The number of thiophene rings is 1. The number of benzene rings is 1. The van der Waals surface area contributed by atoms with Crippen molar-refractivity contribution in [3.63, 3.8) is 0 Å². The maximum Gasteiger partial charge on any atom is 0.242 e. The molecule has 0 aliphatic heterocycles. The summed E-state index contributed by atoms with van der Waals surface area (Å²) in [6, 6.07) is 13.9. The third-order valence-electron chi connectivity index (χ3n) is 3.97. The summed E-state index contributed by atoms with van der Waals surface area (Å²) < 4.78 is 0. The van der Waals surface area contributed by atoms with Gasteiger partial charge >= 0.3 is 0 Å². The molecule has 6 heteroatoms. The molecule has 0 aliphatic carbocycles. The highest BCUT2D eigenvalue weighted by atomic mass is 35.5. The lowest BCUT2D eigenvalue weighted by Gasteiger charge is -2.28. The molecule has 0 radical (unpaired) electrons. The van der Waals surface area contributed by atoms with Gasteiger partial charge in [0.05, 0.1) is 13.1 Å². The predicted molar refractivity (Wildman–Crippen MR) is 107 cm³/mol. The summed E-state index contributed by atoms with van der Waals surface area (Å²) in [5.74, 6) is -0.265. The molecule has 0 unspecified atom stereocenters. The van der Waals surface area contributed by atoms with Gasteiger partial charge in [0.2, 0.25) is 11.8 Å². The highest BCUT2D eigenvalue weighted by molar-refractivity contribution is 7.09. The second kappa shape index (κ2) is 10.3. The van der Waals surface area contributed by atoms with E-state index in [0.29, 0.717) is 19.6 Å². The van der Waals surface area contributed by atoms with Crippen molar-refractivity contribution < 1.29 is 9.59 Å². The van der Waals surface area contributed by atoms with E-state index in [1.165, 1.54) is 0 Å². The standard InChI is InChI=1S/C20H25ClN2O2S/c1-3-11-22(20(25)16(2)21)15-19(24)23(14-18-10-7-12-26-18)13-17-8-5-4-6-9-17/h4-10,12,16H,3,11,13-15H2,1-2H3/t16-/m1/s1. The van der Waals surface area contributed by atoms with Crippen molar-refractivity contribution in [2.24, 2.45) is 0 Å². The Morgan fingerprint density at radius 1 is 1.08 bits per heavy atom. The molecule has 2 rings (SSSR count). The minimum atomic E-state index is -0.630. The van der Waals surface area contributed by atoms with Crippen molar-refractivity contribution in [1.82, 2.24) is 9.80 Å². The second-order valence-electron chi connectivity index (χ2n) is 6.19. The van der Waals surface area contributed by atoms with E-state index in [-0.39, 0.29) is 18.4 Å². The number of rotatable bonds is 9. The Hall–Kier alpha value is -1.85.